The third-order valence-electron chi connectivity index (χ3n) is 1.65. The second-order valence-electron chi connectivity index (χ2n) is 2.75. The number of hydrogen-bond acceptors (Lipinski definition) is 1. The van der Waals surface area contributed by atoms with Crippen LogP contribution >= 0.6 is 0 Å². The molecule has 0 aromatic rings. The van der Waals surface area contributed by atoms with Crippen LogP contribution in [0.2, 0.25) is 0 Å². The molecule has 1 unspecified atom stereocenters. The van der Waals surface area contributed by atoms with Crippen LogP contribution in [-0.4, -0.2) is 5.11 Å². The van der Waals surface area contributed by atoms with E-state index in [4.69, 9.17) is 5.11 Å². The van der Waals surface area contributed by atoms with Gasteiger partial charge in [0.1, 0.15) is 0 Å². The van der Waals surface area contributed by atoms with E-state index in [0.29, 0.717) is 11.7 Å². The Bertz CT molecular complexity index is 154. The maximum absolute atomic E-state index is 9.16. The van der Waals surface area contributed by atoms with Crippen molar-refractivity contribution in [2.75, 3.05) is 0 Å². The Labute approximate surface area is 55.7 Å². The van der Waals surface area contributed by atoms with Crippen molar-refractivity contribution in [3.8, 4) is 0 Å². The van der Waals surface area contributed by atoms with Crippen LogP contribution in [-0.2, 0) is 0 Å². The van der Waals surface area contributed by atoms with Gasteiger partial charge in [0.15, 0.2) is 0 Å². The summed E-state index contributed by atoms with van der Waals surface area (Å²) >= 11 is 0. The van der Waals surface area contributed by atoms with Crippen molar-refractivity contribution >= 4 is 0 Å². The van der Waals surface area contributed by atoms with Gasteiger partial charge in [-0.2, -0.15) is 0 Å². The van der Waals surface area contributed by atoms with Crippen molar-refractivity contribution in [3.05, 3.63) is 24.0 Å². The van der Waals surface area contributed by atoms with Gasteiger partial charge >= 0.3 is 0 Å². The smallest absolute Gasteiger partial charge is 0.0993 e. The topological polar surface area (TPSA) is 20.2 Å². The van der Waals surface area contributed by atoms with E-state index in [1.165, 1.54) is 0 Å². The third-order valence-corrected chi connectivity index (χ3v) is 1.65. The summed E-state index contributed by atoms with van der Waals surface area (Å²) in [6.07, 6.45) is 5.69. The highest BCUT2D eigenvalue weighted by Gasteiger charge is 2.16. The summed E-state index contributed by atoms with van der Waals surface area (Å²) in [7, 11) is 0. The zero-order chi connectivity index (χ0) is 6.85. The van der Waals surface area contributed by atoms with Crippen LogP contribution < -0.4 is 0 Å². The molecule has 0 saturated heterocycles. The maximum Gasteiger partial charge on any atom is 0.0993 e. The van der Waals surface area contributed by atoms with Crippen LogP contribution in [0.5, 0.6) is 0 Å². The summed E-state index contributed by atoms with van der Waals surface area (Å²) in [4.78, 5) is 0. The molecule has 50 valence electrons. The Morgan fingerprint density at radius 3 is 2.44 bits per heavy atom. The summed E-state index contributed by atoms with van der Waals surface area (Å²) in [5.41, 5.74) is 0. The van der Waals surface area contributed by atoms with E-state index in [1.807, 2.05) is 12.2 Å². The van der Waals surface area contributed by atoms with Gasteiger partial charge in [0, 0.05) is 5.92 Å². The molecule has 1 aliphatic rings. The molecule has 0 radical (unpaired) electrons. The molecule has 0 amide bonds. The molecule has 1 nitrogen and oxygen atoms in total. The van der Waals surface area contributed by atoms with Crippen LogP contribution in [0.3, 0.4) is 0 Å². The lowest BCUT2D eigenvalue weighted by Gasteiger charge is -2.11. The fourth-order valence-corrected chi connectivity index (χ4v) is 1.05. The van der Waals surface area contributed by atoms with Gasteiger partial charge in [-0.05, 0) is 12.0 Å². The minimum atomic E-state index is 0.269. The quantitative estimate of drug-likeness (QED) is 0.568. The van der Waals surface area contributed by atoms with E-state index >= 15 is 0 Å². The van der Waals surface area contributed by atoms with Crippen LogP contribution in [0.1, 0.15) is 13.8 Å². The number of hydrogen-bond donors (Lipinski definition) is 1. The van der Waals surface area contributed by atoms with Crippen molar-refractivity contribution in [2.45, 2.75) is 13.8 Å². The van der Waals surface area contributed by atoms with Crippen LogP contribution in [0.15, 0.2) is 24.0 Å². The molecule has 9 heavy (non-hydrogen) atoms. The molecule has 1 atom stereocenters. The molecular weight excluding hydrogens is 112 g/mol. The Kier molecular flexibility index (Phi) is 1.60. The van der Waals surface area contributed by atoms with Gasteiger partial charge in [-0.3, -0.25) is 0 Å². The van der Waals surface area contributed by atoms with Crippen molar-refractivity contribution in [3.63, 3.8) is 0 Å². The fraction of sp³-hybridized carbons (Fsp3) is 0.500. The van der Waals surface area contributed by atoms with Gasteiger partial charge in [0.2, 0.25) is 0 Å². The first-order valence-corrected chi connectivity index (χ1v) is 3.29. The molecule has 1 N–H and O–H groups in total. The molecule has 0 heterocycles. The average molecular weight is 124 g/mol. The van der Waals surface area contributed by atoms with Gasteiger partial charge in [-0.25, -0.2) is 0 Å². The Hall–Kier alpha value is -0.720. The molecular formula is C8H12O. The second-order valence-corrected chi connectivity index (χ2v) is 2.75. The van der Waals surface area contributed by atoms with Crippen molar-refractivity contribution in [1.29, 1.82) is 0 Å². The lowest BCUT2D eigenvalue weighted by atomic mass is 9.96. The second kappa shape index (κ2) is 2.26. The molecule has 0 fully saturated rings. The predicted molar refractivity (Wildman–Crippen MR) is 38.2 cm³/mol. The molecule has 0 aromatic carbocycles. The molecule has 0 aliphatic heterocycles. The molecule has 1 heteroatoms. The average Bonchev–Trinajstić information content (AvgIpc) is 2.13. The van der Waals surface area contributed by atoms with Crippen LogP contribution in [0, 0.1) is 11.8 Å². The molecule has 0 bridgehead atoms. The van der Waals surface area contributed by atoms with Gasteiger partial charge < -0.3 is 5.11 Å². The number of aliphatic hydroxyl groups excluding tert-OH is 1. The minimum absolute atomic E-state index is 0.269. The highest BCUT2D eigenvalue weighted by Crippen LogP contribution is 2.23. The first-order valence-electron chi connectivity index (χ1n) is 3.29. The predicted octanol–water partition coefficient (Wildman–Crippen LogP) is 2.27. The van der Waals surface area contributed by atoms with Crippen LogP contribution in [0.4, 0.5) is 0 Å². The standard InChI is InChI=1S/C8H12O/c1-6(2)7-4-3-5-8(7)9/h3-7,9H,1-2H3. The van der Waals surface area contributed by atoms with Crippen LogP contribution in [0.25, 0.3) is 0 Å². The summed E-state index contributed by atoms with van der Waals surface area (Å²) in [5, 5.41) is 9.16. The largest absolute Gasteiger partial charge is 0.512 e. The number of rotatable bonds is 1. The monoisotopic (exact) mass is 124 g/mol. The van der Waals surface area contributed by atoms with Crippen molar-refractivity contribution in [1.82, 2.24) is 0 Å². The number of aliphatic hydroxyl groups is 1. The van der Waals surface area contributed by atoms with Crippen molar-refractivity contribution < 1.29 is 5.11 Å². The van der Waals surface area contributed by atoms with Crippen molar-refractivity contribution in [2.24, 2.45) is 11.8 Å². The highest BCUT2D eigenvalue weighted by molar-refractivity contribution is 5.22. The minimum Gasteiger partial charge on any atom is -0.512 e. The zero-order valence-corrected chi connectivity index (χ0v) is 5.83. The van der Waals surface area contributed by atoms with E-state index < -0.39 is 0 Å². The van der Waals surface area contributed by atoms with Gasteiger partial charge in [0.05, 0.1) is 5.76 Å². The Morgan fingerprint density at radius 2 is 2.22 bits per heavy atom. The fourth-order valence-electron chi connectivity index (χ4n) is 1.05. The zero-order valence-electron chi connectivity index (χ0n) is 5.83. The summed E-state index contributed by atoms with van der Waals surface area (Å²) in [6, 6.07) is 0. The third kappa shape index (κ3) is 1.15. The molecule has 1 aliphatic carbocycles. The molecule has 0 aromatic heterocycles. The Balaban J connectivity index is 2.63. The normalized spacial score (nSPS) is 25.2. The SMILES string of the molecule is CC(C)C1C=CC=C1O. The summed E-state index contributed by atoms with van der Waals surface area (Å²) < 4.78 is 0. The van der Waals surface area contributed by atoms with E-state index in [2.05, 4.69) is 13.8 Å². The van der Waals surface area contributed by atoms with Gasteiger partial charge in [0.25, 0.3) is 0 Å². The van der Waals surface area contributed by atoms with E-state index in [1.54, 1.807) is 6.08 Å². The van der Waals surface area contributed by atoms with E-state index in [-0.39, 0.29) is 5.92 Å². The maximum atomic E-state index is 9.16. The summed E-state index contributed by atoms with van der Waals surface area (Å²) in [6.45, 7) is 4.20. The van der Waals surface area contributed by atoms with Gasteiger partial charge in [-0.15, -0.1) is 0 Å². The van der Waals surface area contributed by atoms with E-state index in [9.17, 15) is 0 Å². The Morgan fingerprint density at radius 1 is 1.56 bits per heavy atom. The highest BCUT2D eigenvalue weighted by atomic mass is 16.3. The van der Waals surface area contributed by atoms with E-state index in [0.717, 1.165) is 0 Å². The first-order chi connectivity index (χ1) is 4.22. The summed E-state index contributed by atoms with van der Waals surface area (Å²) in [5.74, 6) is 1.29. The van der Waals surface area contributed by atoms with Gasteiger partial charge in [-0.1, -0.05) is 26.0 Å². The molecule has 1 rings (SSSR count). The molecule has 0 spiro atoms. The number of allylic oxidation sites excluding steroid dienone is 3. The first kappa shape index (κ1) is 6.40. The lowest BCUT2D eigenvalue weighted by molar-refractivity contribution is 0.323. The molecule has 0 saturated carbocycles. The lowest BCUT2D eigenvalue weighted by Crippen LogP contribution is -2.05.